The Balaban J connectivity index is 1.71. The number of benzene rings is 1. The molecule has 174 valence electrons. The van der Waals surface area contributed by atoms with Crippen LogP contribution < -0.4 is 10.1 Å². The second-order valence-electron chi connectivity index (χ2n) is 8.20. The highest BCUT2D eigenvalue weighted by atomic mass is 16.5. The van der Waals surface area contributed by atoms with Crippen molar-refractivity contribution in [3.63, 3.8) is 0 Å². The third-order valence-electron chi connectivity index (χ3n) is 5.32. The smallest absolute Gasteiger partial charge is 0.317 e. The first-order chi connectivity index (χ1) is 15.8. The van der Waals surface area contributed by atoms with Gasteiger partial charge in [-0.25, -0.2) is 4.98 Å². The van der Waals surface area contributed by atoms with Crippen LogP contribution in [0.4, 0.5) is 0 Å². The van der Waals surface area contributed by atoms with E-state index in [0.29, 0.717) is 25.1 Å². The lowest BCUT2D eigenvalue weighted by molar-refractivity contribution is 0.0714. The van der Waals surface area contributed by atoms with Crippen molar-refractivity contribution in [3.8, 4) is 6.01 Å². The lowest BCUT2D eigenvalue weighted by Crippen LogP contribution is -2.41. The number of hydrogen-bond acceptors (Lipinski definition) is 5. The predicted molar refractivity (Wildman–Crippen MR) is 126 cm³/mol. The van der Waals surface area contributed by atoms with Crippen LogP contribution in [0, 0.1) is 0 Å². The summed E-state index contributed by atoms with van der Waals surface area (Å²) in [7, 11) is 3.60. The van der Waals surface area contributed by atoms with Crippen molar-refractivity contribution in [3.05, 3.63) is 77.9 Å². The van der Waals surface area contributed by atoms with Crippen molar-refractivity contribution < 1.29 is 14.3 Å². The molecule has 3 aromatic rings. The Morgan fingerprint density at radius 2 is 1.88 bits per heavy atom. The molecule has 0 fully saturated rings. The van der Waals surface area contributed by atoms with Gasteiger partial charge in [0.2, 0.25) is 0 Å². The molecule has 0 saturated carbocycles. The summed E-state index contributed by atoms with van der Waals surface area (Å²) in [6.07, 6.45) is 4.51. The van der Waals surface area contributed by atoms with Crippen LogP contribution in [0.15, 0.2) is 60.9 Å². The molecule has 3 rings (SSSR count). The van der Waals surface area contributed by atoms with E-state index in [1.807, 2.05) is 63.5 Å². The minimum Gasteiger partial charge on any atom is -0.461 e. The summed E-state index contributed by atoms with van der Waals surface area (Å²) in [5, 5.41) is 2.96. The van der Waals surface area contributed by atoms with Gasteiger partial charge in [-0.05, 0) is 50.5 Å². The summed E-state index contributed by atoms with van der Waals surface area (Å²) in [5.41, 5.74) is 1.98. The number of likely N-dealkylation sites (N-methyl/N-ethyl adjacent to an activating group) is 1. The zero-order valence-corrected chi connectivity index (χ0v) is 19.6. The minimum atomic E-state index is -0.222. The molecule has 1 aromatic carbocycles. The number of aryl methyl sites for hydroxylation is 1. The van der Waals surface area contributed by atoms with Gasteiger partial charge in [0, 0.05) is 39.1 Å². The first kappa shape index (κ1) is 24.0. The van der Waals surface area contributed by atoms with E-state index in [0.717, 1.165) is 5.56 Å². The van der Waals surface area contributed by atoms with E-state index in [9.17, 15) is 9.59 Å². The van der Waals surface area contributed by atoms with Gasteiger partial charge in [0.1, 0.15) is 11.4 Å². The van der Waals surface area contributed by atoms with Crippen LogP contribution in [-0.2, 0) is 13.5 Å². The standard InChI is InChI=1S/C25H31N5O3/c1-18(2)33-25-27-15-13-21(28-25)24(32)30(4)20(17-19-9-6-5-7-10-19)12-14-26-23(31)22-11-8-16-29(22)3/h5-11,13,15-16,18,20H,12,14,17H2,1-4H3,(H,26,31)/t20-/m1/s1. The third kappa shape index (κ3) is 6.65. The van der Waals surface area contributed by atoms with Crippen molar-refractivity contribution in [1.29, 1.82) is 0 Å². The number of carbonyl (C=O) groups is 2. The number of amides is 2. The maximum absolute atomic E-state index is 13.2. The van der Waals surface area contributed by atoms with E-state index in [1.165, 1.54) is 6.20 Å². The summed E-state index contributed by atoms with van der Waals surface area (Å²) in [5.74, 6) is -0.359. The Morgan fingerprint density at radius 3 is 2.55 bits per heavy atom. The number of nitrogens with zero attached hydrogens (tertiary/aromatic N) is 4. The molecule has 1 atom stereocenters. The Labute approximate surface area is 194 Å². The third-order valence-corrected chi connectivity index (χ3v) is 5.32. The number of hydrogen-bond donors (Lipinski definition) is 1. The Bertz CT molecular complexity index is 1060. The van der Waals surface area contributed by atoms with Crippen LogP contribution >= 0.6 is 0 Å². The molecule has 8 heteroatoms. The highest BCUT2D eigenvalue weighted by molar-refractivity contribution is 5.93. The molecule has 0 saturated heterocycles. The monoisotopic (exact) mass is 449 g/mol. The molecule has 0 radical (unpaired) electrons. The summed E-state index contributed by atoms with van der Waals surface area (Å²) in [6.45, 7) is 4.19. The van der Waals surface area contributed by atoms with Crippen LogP contribution in [0.5, 0.6) is 6.01 Å². The maximum atomic E-state index is 13.2. The maximum Gasteiger partial charge on any atom is 0.317 e. The van der Waals surface area contributed by atoms with Gasteiger partial charge in [-0.1, -0.05) is 30.3 Å². The first-order valence-electron chi connectivity index (χ1n) is 11.1. The molecule has 8 nitrogen and oxygen atoms in total. The SMILES string of the molecule is CC(C)Oc1nccc(C(=O)N(C)[C@H](CCNC(=O)c2cccn2C)Cc2ccccc2)n1. The van der Waals surface area contributed by atoms with E-state index >= 15 is 0 Å². The molecule has 2 aromatic heterocycles. The van der Waals surface area contributed by atoms with Crippen molar-refractivity contribution in [2.45, 2.75) is 38.8 Å². The van der Waals surface area contributed by atoms with Gasteiger partial charge in [-0.2, -0.15) is 4.98 Å². The van der Waals surface area contributed by atoms with Gasteiger partial charge < -0.3 is 19.5 Å². The van der Waals surface area contributed by atoms with Gasteiger partial charge in [-0.15, -0.1) is 0 Å². The Morgan fingerprint density at radius 1 is 1.12 bits per heavy atom. The predicted octanol–water partition coefficient (Wildman–Crippen LogP) is 3.11. The largest absolute Gasteiger partial charge is 0.461 e. The van der Waals surface area contributed by atoms with Crippen molar-refractivity contribution in [1.82, 2.24) is 24.8 Å². The fourth-order valence-electron chi connectivity index (χ4n) is 3.53. The molecule has 2 amide bonds. The van der Waals surface area contributed by atoms with Crippen LogP contribution in [0.25, 0.3) is 0 Å². The summed E-state index contributed by atoms with van der Waals surface area (Å²) in [4.78, 5) is 35.7. The lowest BCUT2D eigenvalue weighted by atomic mass is 10.0. The quantitative estimate of drug-likeness (QED) is 0.514. The molecule has 33 heavy (non-hydrogen) atoms. The van der Waals surface area contributed by atoms with Gasteiger partial charge >= 0.3 is 6.01 Å². The van der Waals surface area contributed by atoms with E-state index < -0.39 is 0 Å². The van der Waals surface area contributed by atoms with Gasteiger partial charge in [-0.3, -0.25) is 9.59 Å². The number of ether oxygens (including phenoxy) is 1. The topological polar surface area (TPSA) is 89.4 Å². The lowest BCUT2D eigenvalue weighted by Gasteiger charge is -2.28. The van der Waals surface area contributed by atoms with E-state index in [1.54, 1.807) is 28.6 Å². The summed E-state index contributed by atoms with van der Waals surface area (Å²) < 4.78 is 7.31. The van der Waals surface area contributed by atoms with Crippen molar-refractivity contribution in [2.75, 3.05) is 13.6 Å². The zero-order chi connectivity index (χ0) is 23.8. The van der Waals surface area contributed by atoms with Crippen LogP contribution in [0.3, 0.4) is 0 Å². The summed E-state index contributed by atoms with van der Waals surface area (Å²) >= 11 is 0. The number of rotatable bonds is 10. The van der Waals surface area contributed by atoms with Crippen molar-refractivity contribution in [2.24, 2.45) is 7.05 Å². The molecule has 2 heterocycles. The minimum absolute atomic E-state index is 0.0910. The number of carbonyl (C=O) groups excluding carboxylic acids is 2. The Hall–Kier alpha value is -3.68. The molecule has 0 spiro atoms. The zero-order valence-electron chi connectivity index (χ0n) is 19.6. The van der Waals surface area contributed by atoms with Gasteiger partial charge in [0.25, 0.3) is 11.8 Å². The molecule has 1 N–H and O–H groups in total. The van der Waals surface area contributed by atoms with E-state index in [2.05, 4.69) is 15.3 Å². The number of aromatic nitrogens is 3. The van der Waals surface area contributed by atoms with E-state index in [4.69, 9.17) is 4.74 Å². The van der Waals surface area contributed by atoms with Crippen LogP contribution in [0.1, 0.15) is 46.8 Å². The average Bonchev–Trinajstić information content (AvgIpc) is 3.23. The molecule has 0 unspecified atom stereocenters. The number of nitrogens with one attached hydrogen (secondary N) is 1. The molecule has 0 aliphatic heterocycles. The highest BCUT2D eigenvalue weighted by Crippen LogP contribution is 2.15. The second kappa shape index (κ2) is 11.3. The normalized spacial score (nSPS) is 11.8. The van der Waals surface area contributed by atoms with E-state index in [-0.39, 0.29) is 35.7 Å². The Kier molecular flexibility index (Phi) is 8.18. The van der Waals surface area contributed by atoms with Gasteiger partial charge in [0.15, 0.2) is 0 Å². The molecule has 0 aliphatic rings. The van der Waals surface area contributed by atoms with Crippen LogP contribution in [0.2, 0.25) is 0 Å². The fraction of sp³-hybridized carbons (Fsp3) is 0.360. The second-order valence-corrected chi connectivity index (χ2v) is 8.20. The molecule has 0 aliphatic carbocycles. The summed E-state index contributed by atoms with van der Waals surface area (Å²) in [6, 6.07) is 15.2. The molecule has 0 bridgehead atoms. The van der Waals surface area contributed by atoms with Crippen LogP contribution in [-0.4, -0.2) is 57.0 Å². The average molecular weight is 450 g/mol. The fourth-order valence-corrected chi connectivity index (χ4v) is 3.53. The molecular formula is C25H31N5O3. The van der Waals surface area contributed by atoms with Crippen molar-refractivity contribution >= 4 is 11.8 Å². The van der Waals surface area contributed by atoms with Gasteiger partial charge in [0.05, 0.1) is 6.10 Å². The highest BCUT2D eigenvalue weighted by Gasteiger charge is 2.23. The first-order valence-corrected chi connectivity index (χ1v) is 11.1. The molecular weight excluding hydrogens is 418 g/mol.